The number of rotatable bonds is 3. The lowest BCUT2D eigenvalue weighted by atomic mass is 10.1. The van der Waals surface area contributed by atoms with Gasteiger partial charge < -0.3 is 15.0 Å². The molecule has 22 heavy (non-hydrogen) atoms. The average Bonchev–Trinajstić information content (AvgIpc) is 2.99. The zero-order chi connectivity index (χ0) is 15.4. The summed E-state index contributed by atoms with van der Waals surface area (Å²) in [6, 6.07) is 3.78. The van der Waals surface area contributed by atoms with E-state index < -0.39 is 0 Å². The van der Waals surface area contributed by atoms with E-state index in [9.17, 15) is 4.79 Å². The number of pyridine rings is 1. The molecular weight excluding hydrogens is 280 g/mol. The van der Waals surface area contributed by atoms with E-state index in [0.29, 0.717) is 5.92 Å². The van der Waals surface area contributed by atoms with Crippen LogP contribution in [0.1, 0.15) is 12.1 Å². The molecule has 1 N–H and O–H groups in total. The average molecular weight is 304 g/mol. The third-order valence-electron chi connectivity index (χ3n) is 4.36. The number of carbonyl (C=O) groups excluding carboxylic acids is 1. The van der Waals surface area contributed by atoms with Gasteiger partial charge in [0.2, 0.25) is 0 Å². The summed E-state index contributed by atoms with van der Waals surface area (Å²) in [7, 11) is 0. The van der Waals surface area contributed by atoms with E-state index in [4.69, 9.17) is 4.74 Å². The summed E-state index contributed by atoms with van der Waals surface area (Å²) in [5.41, 5.74) is 1.71. The van der Waals surface area contributed by atoms with Gasteiger partial charge in [0.1, 0.15) is 0 Å². The van der Waals surface area contributed by atoms with Crippen LogP contribution in [0.25, 0.3) is 0 Å². The second-order valence-corrected chi connectivity index (χ2v) is 6.13. The van der Waals surface area contributed by atoms with Crippen molar-refractivity contribution in [3.05, 3.63) is 24.0 Å². The minimum absolute atomic E-state index is 0.0184. The first kappa shape index (κ1) is 15.2. The highest BCUT2D eigenvalue weighted by Crippen LogP contribution is 2.19. The number of aryl methyl sites for hydroxylation is 1. The molecule has 3 rings (SSSR count). The summed E-state index contributed by atoms with van der Waals surface area (Å²) in [5.74, 6) is 0.569. The van der Waals surface area contributed by atoms with Crippen molar-refractivity contribution >= 4 is 11.7 Å². The van der Waals surface area contributed by atoms with Crippen molar-refractivity contribution in [3.8, 4) is 0 Å². The van der Waals surface area contributed by atoms with Gasteiger partial charge in [0.25, 0.3) is 0 Å². The highest BCUT2D eigenvalue weighted by Gasteiger charge is 2.28. The van der Waals surface area contributed by atoms with Gasteiger partial charge in [-0.25, -0.2) is 4.79 Å². The maximum atomic E-state index is 12.3. The van der Waals surface area contributed by atoms with Crippen LogP contribution in [0.4, 0.5) is 10.5 Å². The van der Waals surface area contributed by atoms with Gasteiger partial charge in [-0.15, -0.1) is 0 Å². The maximum Gasteiger partial charge on any atom is 0.321 e. The van der Waals surface area contributed by atoms with Crippen LogP contribution >= 0.6 is 0 Å². The van der Waals surface area contributed by atoms with Crippen LogP contribution in [0.2, 0.25) is 0 Å². The van der Waals surface area contributed by atoms with E-state index >= 15 is 0 Å². The van der Waals surface area contributed by atoms with Gasteiger partial charge in [-0.1, -0.05) is 0 Å². The quantitative estimate of drug-likeness (QED) is 0.921. The van der Waals surface area contributed by atoms with Crippen LogP contribution in [0.15, 0.2) is 18.3 Å². The second kappa shape index (κ2) is 7.07. The van der Waals surface area contributed by atoms with Crippen LogP contribution in [0.3, 0.4) is 0 Å². The number of urea groups is 1. The standard InChI is InChI=1S/C16H24N4O2/c1-13-2-3-15(10-17-13)18-16(21)20-5-4-14(12-20)11-19-6-8-22-9-7-19/h2-3,10,14H,4-9,11-12H2,1H3,(H,18,21). The van der Waals surface area contributed by atoms with Gasteiger partial charge >= 0.3 is 6.03 Å². The normalized spacial score (nSPS) is 22.8. The number of hydrogen-bond acceptors (Lipinski definition) is 4. The summed E-state index contributed by atoms with van der Waals surface area (Å²) >= 11 is 0. The Morgan fingerprint density at radius 3 is 2.91 bits per heavy atom. The molecule has 2 aliphatic heterocycles. The first-order valence-electron chi connectivity index (χ1n) is 7.99. The SMILES string of the molecule is Cc1ccc(NC(=O)N2CCC(CN3CCOCC3)C2)cn1. The van der Waals surface area contributed by atoms with E-state index in [1.54, 1.807) is 6.20 Å². The Hall–Kier alpha value is -1.66. The van der Waals surface area contributed by atoms with Crippen LogP contribution in [0.5, 0.6) is 0 Å². The number of nitrogens with zero attached hydrogens (tertiary/aromatic N) is 3. The van der Waals surface area contributed by atoms with E-state index in [2.05, 4.69) is 15.2 Å². The van der Waals surface area contributed by atoms with Crippen LogP contribution < -0.4 is 5.32 Å². The molecule has 1 unspecified atom stereocenters. The highest BCUT2D eigenvalue weighted by molar-refractivity contribution is 5.89. The molecule has 120 valence electrons. The minimum Gasteiger partial charge on any atom is -0.379 e. The van der Waals surface area contributed by atoms with Crippen LogP contribution in [-0.4, -0.2) is 66.8 Å². The van der Waals surface area contributed by atoms with Gasteiger partial charge in [-0.05, 0) is 31.4 Å². The summed E-state index contributed by atoms with van der Waals surface area (Å²) < 4.78 is 5.38. The number of nitrogens with one attached hydrogen (secondary N) is 1. The smallest absolute Gasteiger partial charge is 0.321 e. The zero-order valence-corrected chi connectivity index (χ0v) is 13.1. The molecule has 2 fully saturated rings. The number of hydrogen-bond donors (Lipinski definition) is 1. The number of carbonyl (C=O) groups is 1. The minimum atomic E-state index is -0.0184. The molecule has 1 aromatic heterocycles. The van der Waals surface area contributed by atoms with Crippen molar-refractivity contribution in [3.63, 3.8) is 0 Å². The summed E-state index contributed by atoms with van der Waals surface area (Å²) in [6.07, 6.45) is 2.78. The zero-order valence-electron chi connectivity index (χ0n) is 13.1. The van der Waals surface area contributed by atoms with Crippen molar-refractivity contribution < 1.29 is 9.53 Å². The third kappa shape index (κ3) is 3.96. The predicted octanol–water partition coefficient (Wildman–Crippen LogP) is 1.58. The molecule has 1 aromatic rings. The molecule has 2 amide bonds. The van der Waals surface area contributed by atoms with Crippen LogP contribution in [0, 0.1) is 12.8 Å². The molecule has 6 heteroatoms. The Labute approximate surface area is 131 Å². The van der Waals surface area contributed by atoms with Gasteiger partial charge in [-0.2, -0.15) is 0 Å². The summed E-state index contributed by atoms with van der Waals surface area (Å²) in [4.78, 5) is 20.8. The van der Waals surface area contributed by atoms with E-state index in [-0.39, 0.29) is 6.03 Å². The molecule has 2 aliphatic rings. The first-order valence-corrected chi connectivity index (χ1v) is 7.99. The molecule has 6 nitrogen and oxygen atoms in total. The number of amides is 2. The molecule has 0 radical (unpaired) electrons. The second-order valence-electron chi connectivity index (χ2n) is 6.13. The Kier molecular flexibility index (Phi) is 4.90. The fourth-order valence-corrected chi connectivity index (χ4v) is 3.06. The molecule has 3 heterocycles. The lowest BCUT2D eigenvalue weighted by molar-refractivity contribution is 0.0314. The molecule has 0 aromatic carbocycles. The monoisotopic (exact) mass is 304 g/mol. The highest BCUT2D eigenvalue weighted by atomic mass is 16.5. The Morgan fingerprint density at radius 2 is 2.18 bits per heavy atom. The van der Waals surface area contributed by atoms with Gasteiger partial charge in [-0.3, -0.25) is 9.88 Å². The van der Waals surface area contributed by atoms with Crippen LogP contribution in [-0.2, 0) is 4.74 Å². The fourth-order valence-electron chi connectivity index (χ4n) is 3.06. The lowest BCUT2D eigenvalue weighted by Crippen LogP contribution is -2.40. The van der Waals surface area contributed by atoms with Gasteiger partial charge in [0, 0.05) is 38.4 Å². The largest absolute Gasteiger partial charge is 0.379 e. The van der Waals surface area contributed by atoms with Gasteiger partial charge in [0.05, 0.1) is 25.1 Å². The topological polar surface area (TPSA) is 57.7 Å². The number of ether oxygens (including phenoxy) is 1. The number of morpholine rings is 1. The molecule has 1 atom stereocenters. The molecule has 0 bridgehead atoms. The first-order chi connectivity index (χ1) is 10.7. The Morgan fingerprint density at radius 1 is 1.36 bits per heavy atom. The Balaban J connectivity index is 1.47. The van der Waals surface area contributed by atoms with Crippen molar-refractivity contribution in [2.75, 3.05) is 51.3 Å². The summed E-state index contributed by atoms with van der Waals surface area (Å²) in [5, 5.41) is 2.93. The predicted molar refractivity (Wildman–Crippen MR) is 84.9 cm³/mol. The van der Waals surface area contributed by atoms with Crippen molar-refractivity contribution in [2.24, 2.45) is 5.92 Å². The van der Waals surface area contributed by atoms with E-state index in [1.165, 1.54) is 0 Å². The van der Waals surface area contributed by atoms with Crippen molar-refractivity contribution in [1.29, 1.82) is 0 Å². The number of aromatic nitrogens is 1. The number of likely N-dealkylation sites (tertiary alicyclic amines) is 1. The lowest BCUT2D eigenvalue weighted by Gasteiger charge is -2.29. The molecule has 0 saturated carbocycles. The fraction of sp³-hybridized carbons (Fsp3) is 0.625. The molecule has 0 aliphatic carbocycles. The molecule has 2 saturated heterocycles. The van der Waals surface area contributed by atoms with E-state index in [0.717, 1.165) is 63.7 Å². The molecular formula is C16H24N4O2. The van der Waals surface area contributed by atoms with Gasteiger partial charge in [0.15, 0.2) is 0 Å². The molecule has 0 spiro atoms. The summed E-state index contributed by atoms with van der Waals surface area (Å²) in [6.45, 7) is 8.36. The third-order valence-corrected chi connectivity index (χ3v) is 4.36. The van der Waals surface area contributed by atoms with E-state index in [1.807, 2.05) is 24.0 Å². The maximum absolute atomic E-state index is 12.3. The number of anilines is 1. The van der Waals surface area contributed by atoms with Crippen molar-refractivity contribution in [1.82, 2.24) is 14.8 Å². The Bertz CT molecular complexity index is 499. The van der Waals surface area contributed by atoms with Crippen molar-refractivity contribution in [2.45, 2.75) is 13.3 Å².